The van der Waals surface area contributed by atoms with Crippen molar-refractivity contribution in [1.82, 2.24) is 14.5 Å². The maximum Gasteiger partial charge on any atom is 0.425 e. The number of nitrogens with one attached hydrogen (secondary N) is 2. The minimum atomic E-state index is -5.35. The van der Waals surface area contributed by atoms with E-state index in [1.165, 1.54) is 24.3 Å². The highest BCUT2D eigenvalue weighted by atomic mass is 19.4. The molecule has 3 rings (SSSR count). The summed E-state index contributed by atoms with van der Waals surface area (Å²) in [5, 5.41) is 3.57. The van der Waals surface area contributed by atoms with Crippen LogP contribution in [0.25, 0.3) is 0 Å². The number of hydrogen-bond acceptors (Lipinski definition) is 4. The number of alkyl halides is 3. The SMILES string of the molecule is Cn1c2c(c(=O)n(C)c1=O)[C@@](NC(=O)c1ccccc1)(C(F)(F)F)C(=O)N2. The molecule has 0 saturated heterocycles. The second-order valence-electron chi connectivity index (χ2n) is 5.95. The third-order valence-corrected chi connectivity index (χ3v) is 4.37. The first-order valence-electron chi connectivity index (χ1n) is 7.58. The molecular formula is C16H13F3N4O4. The lowest BCUT2D eigenvalue weighted by molar-refractivity contribution is -0.196. The van der Waals surface area contributed by atoms with E-state index in [0.29, 0.717) is 9.13 Å². The van der Waals surface area contributed by atoms with Gasteiger partial charge in [-0.3, -0.25) is 23.5 Å². The van der Waals surface area contributed by atoms with Crippen LogP contribution in [0.15, 0.2) is 39.9 Å². The van der Waals surface area contributed by atoms with Crippen molar-refractivity contribution in [3.8, 4) is 0 Å². The largest absolute Gasteiger partial charge is 0.425 e. The first-order valence-corrected chi connectivity index (χ1v) is 7.58. The molecule has 1 atom stereocenters. The summed E-state index contributed by atoms with van der Waals surface area (Å²) < 4.78 is 43.3. The minimum absolute atomic E-state index is 0.135. The minimum Gasteiger partial charge on any atom is -0.326 e. The van der Waals surface area contributed by atoms with Gasteiger partial charge in [0.1, 0.15) is 11.4 Å². The second-order valence-corrected chi connectivity index (χ2v) is 5.95. The summed E-state index contributed by atoms with van der Waals surface area (Å²) in [6.07, 6.45) is -5.35. The third-order valence-electron chi connectivity index (χ3n) is 4.37. The van der Waals surface area contributed by atoms with E-state index in [4.69, 9.17) is 0 Å². The number of carbonyl (C=O) groups is 2. The van der Waals surface area contributed by atoms with Crippen molar-refractivity contribution in [2.24, 2.45) is 14.1 Å². The van der Waals surface area contributed by atoms with E-state index in [9.17, 15) is 32.3 Å². The van der Waals surface area contributed by atoms with E-state index in [1.54, 1.807) is 11.4 Å². The quantitative estimate of drug-likeness (QED) is 0.776. The number of nitrogens with zero attached hydrogens (tertiary/aromatic N) is 2. The van der Waals surface area contributed by atoms with Crippen LogP contribution in [0.5, 0.6) is 0 Å². The average Bonchev–Trinajstić information content (AvgIpc) is 2.92. The maximum atomic E-state index is 14.1. The molecular weight excluding hydrogens is 369 g/mol. The number of anilines is 1. The lowest BCUT2D eigenvalue weighted by Gasteiger charge is -2.30. The van der Waals surface area contributed by atoms with Crippen LogP contribution in [0, 0.1) is 0 Å². The molecule has 2 heterocycles. The number of fused-ring (bicyclic) bond motifs is 1. The van der Waals surface area contributed by atoms with Crippen molar-refractivity contribution in [3.05, 3.63) is 62.3 Å². The molecule has 2 amide bonds. The molecule has 1 aliphatic rings. The van der Waals surface area contributed by atoms with Gasteiger partial charge in [-0.05, 0) is 12.1 Å². The van der Waals surface area contributed by atoms with Crippen LogP contribution < -0.4 is 21.9 Å². The Bertz CT molecular complexity index is 1070. The van der Waals surface area contributed by atoms with Crippen molar-refractivity contribution in [3.63, 3.8) is 0 Å². The predicted octanol–water partition coefficient (Wildman–Crippen LogP) is 0.224. The van der Waals surface area contributed by atoms with E-state index in [-0.39, 0.29) is 5.56 Å². The van der Waals surface area contributed by atoms with Gasteiger partial charge in [0, 0.05) is 19.7 Å². The number of benzene rings is 1. The van der Waals surface area contributed by atoms with Crippen molar-refractivity contribution in [2.45, 2.75) is 11.7 Å². The molecule has 0 saturated carbocycles. The standard InChI is InChI=1S/C16H13F3N4O4/c1-22-10-9(12(25)23(2)14(22)27)15(13(26)20-10,16(17,18)19)21-11(24)8-6-4-3-5-7-8/h3-7H,1-2H3,(H,20,26)(H,21,24)/t15-/m0/s1. The lowest BCUT2D eigenvalue weighted by Crippen LogP contribution is -2.62. The average molecular weight is 382 g/mol. The molecule has 2 aromatic rings. The topological polar surface area (TPSA) is 102 Å². The molecule has 1 aliphatic heterocycles. The van der Waals surface area contributed by atoms with Gasteiger partial charge in [-0.2, -0.15) is 13.2 Å². The van der Waals surface area contributed by atoms with E-state index in [0.717, 1.165) is 14.1 Å². The highest BCUT2D eigenvalue weighted by molar-refractivity contribution is 6.09. The smallest absolute Gasteiger partial charge is 0.326 e. The molecule has 0 fully saturated rings. The highest BCUT2D eigenvalue weighted by Gasteiger charge is 2.68. The van der Waals surface area contributed by atoms with Crippen LogP contribution >= 0.6 is 0 Å². The van der Waals surface area contributed by atoms with Crippen molar-refractivity contribution in [1.29, 1.82) is 0 Å². The van der Waals surface area contributed by atoms with Crippen molar-refractivity contribution in [2.75, 3.05) is 5.32 Å². The van der Waals surface area contributed by atoms with Crippen LogP contribution in [-0.2, 0) is 24.4 Å². The van der Waals surface area contributed by atoms with Gasteiger partial charge in [0.2, 0.25) is 0 Å². The molecule has 8 nitrogen and oxygen atoms in total. The fraction of sp³-hybridized carbons (Fsp3) is 0.250. The van der Waals surface area contributed by atoms with E-state index in [2.05, 4.69) is 0 Å². The summed E-state index contributed by atoms with van der Waals surface area (Å²) in [6, 6.07) is 6.93. The zero-order chi connectivity index (χ0) is 20.1. The number of amides is 2. The molecule has 11 heteroatoms. The van der Waals surface area contributed by atoms with E-state index >= 15 is 0 Å². The number of rotatable bonds is 2. The molecule has 0 aliphatic carbocycles. The van der Waals surface area contributed by atoms with Crippen LogP contribution in [0.3, 0.4) is 0 Å². The number of aromatic nitrogens is 2. The Balaban J connectivity index is 2.30. The van der Waals surface area contributed by atoms with Gasteiger partial charge < -0.3 is 10.6 Å². The highest BCUT2D eigenvalue weighted by Crippen LogP contribution is 2.44. The molecule has 0 unspecified atom stereocenters. The van der Waals surface area contributed by atoms with Gasteiger partial charge in [0.05, 0.1) is 0 Å². The van der Waals surface area contributed by atoms with E-state index in [1.807, 2.05) is 5.32 Å². The Kier molecular flexibility index (Phi) is 3.98. The van der Waals surface area contributed by atoms with Gasteiger partial charge in [0.25, 0.3) is 22.9 Å². The lowest BCUT2D eigenvalue weighted by atomic mass is 9.91. The van der Waals surface area contributed by atoms with Gasteiger partial charge in [0.15, 0.2) is 0 Å². The monoisotopic (exact) mass is 382 g/mol. The molecule has 0 spiro atoms. The fourth-order valence-corrected chi connectivity index (χ4v) is 2.94. The summed E-state index contributed by atoms with van der Waals surface area (Å²) in [5.41, 5.74) is -7.09. The Morgan fingerprint density at radius 2 is 1.67 bits per heavy atom. The molecule has 1 aromatic carbocycles. The molecule has 1 aromatic heterocycles. The Morgan fingerprint density at radius 1 is 1.07 bits per heavy atom. The first kappa shape index (κ1) is 18.4. The molecule has 0 bridgehead atoms. The van der Waals surface area contributed by atoms with Crippen LogP contribution in [0.1, 0.15) is 15.9 Å². The number of carbonyl (C=O) groups excluding carboxylic acids is 2. The van der Waals surface area contributed by atoms with Gasteiger partial charge >= 0.3 is 11.9 Å². The Labute approximate surface area is 149 Å². The summed E-state index contributed by atoms with van der Waals surface area (Å²) >= 11 is 0. The summed E-state index contributed by atoms with van der Waals surface area (Å²) in [5.74, 6) is -3.49. The van der Waals surface area contributed by atoms with Crippen LogP contribution in [0.2, 0.25) is 0 Å². The fourth-order valence-electron chi connectivity index (χ4n) is 2.94. The van der Waals surface area contributed by atoms with Crippen molar-refractivity contribution < 1.29 is 22.8 Å². The zero-order valence-corrected chi connectivity index (χ0v) is 14.0. The number of hydrogen-bond donors (Lipinski definition) is 2. The van der Waals surface area contributed by atoms with Gasteiger partial charge in [-0.15, -0.1) is 0 Å². The van der Waals surface area contributed by atoms with Gasteiger partial charge in [-0.25, -0.2) is 4.79 Å². The predicted molar refractivity (Wildman–Crippen MR) is 87.2 cm³/mol. The van der Waals surface area contributed by atoms with E-state index < -0.39 is 46.2 Å². The van der Waals surface area contributed by atoms with Crippen molar-refractivity contribution >= 4 is 17.6 Å². The van der Waals surface area contributed by atoms with Crippen LogP contribution in [0.4, 0.5) is 19.0 Å². The molecule has 142 valence electrons. The summed E-state index contributed by atoms with van der Waals surface area (Å²) in [7, 11) is 2.08. The zero-order valence-electron chi connectivity index (χ0n) is 14.0. The molecule has 2 N–H and O–H groups in total. The Morgan fingerprint density at radius 3 is 2.22 bits per heavy atom. The van der Waals surface area contributed by atoms with Gasteiger partial charge in [-0.1, -0.05) is 18.2 Å². The third kappa shape index (κ3) is 2.46. The first-order chi connectivity index (χ1) is 12.5. The summed E-state index contributed by atoms with van der Waals surface area (Å²) in [6.45, 7) is 0. The summed E-state index contributed by atoms with van der Waals surface area (Å²) in [4.78, 5) is 49.2. The molecule has 0 radical (unpaired) electrons. The maximum absolute atomic E-state index is 14.1. The normalized spacial score (nSPS) is 18.8. The number of halogens is 3. The Hall–Kier alpha value is -3.37. The molecule has 27 heavy (non-hydrogen) atoms. The van der Waals surface area contributed by atoms with Crippen LogP contribution in [-0.4, -0.2) is 27.1 Å². The second kappa shape index (κ2) is 5.83.